The van der Waals surface area contributed by atoms with Gasteiger partial charge in [0.05, 0.1) is 11.8 Å². The standard InChI is InChI=1S/C13H22N4/c1-4-13-16-12(11(2)15-3)10-17(13)9-7-5-6-8-14/h10-11,15H,4-7,9H2,1-3H3. The molecule has 0 fully saturated rings. The Kier molecular flexibility index (Phi) is 5.71. The Morgan fingerprint density at radius 3 is 2.88 bits per heavy atom. The molecule has 1 aromatic heterocycles. The van der Waals surface area contributed by atoms with Gasteiger partial charge in [-0.2, -0.15) is 5.26 Å². The van der Waals surface area contributed by atoms with Crippen LogP contribution in [0.1, 0.15) is 50.7 Å². The van der Waals surface area contributed by atoms with E-state index in [-0.39, 0.29) is 0 Å². The smallest absolute Gasteiger partial charge is 0.108 e. The summed E-state index contributed by atoms with van der Waals surface area (Å²) in [6.45, 7) is 5.21. The molecule has 0 aliphatic carbocycles. The lowest BCUT2D eigenvalue weighted by Gasteiger charge is -2.05. The van der Waals surface area contributed by atoms with Gasteiger partial charge in [0.2, 0.25) is 0 Å². The van der Waals surface area contributed by atoms with Crippen LogP contribution in [0.15, 0.2) is 6.20 Å². The van der Waals surface area contributed by atoms with Crippen LogP contribution in [0, 0.1) is 11.3 Å². The third-order valence-electron chi connectivity index (χ3n) is 3.01. The monoisotopic (exact) mass is 234 g/mol. The van der Waals surface area contributed by atoms with Gasteiger partial charge >= 0.3 is 0 Å². The van der Waals surface area contributed by atoms with Gasteiger partial charge in [-0.25, -0.2) is 4.98 Å². The van der Waals surface area contributed by atoms with Crippen molar-refractivity contribution in [1.29, 1.82) is 5.26 Å². The molecule has 0 saturated heterocycles. The predicted molar refractivity (Wildman–Crippen MR) is 68.5 cm³/mol. The van der Waals surface area contributed by atoms with E-state index < -0.39 is 0 Å². The highest BCUT2D eigenvalue weighted by Gasteiger charge is 2.10. The molecule has 1 atom stereocenters. The molecule has 0 bridgehead atoms. The summed E-state index contributed by atoms with van der Waals surface area (Å²) in [6, 6.07) is 2.47. The van der Waals surface area contributed by atoms with Gasteiger partial charge in [0.15, 0.2) is 0 Å². The minimum Gasteiger partial charge on any atom is -0.335 e. The molecule has 4 nitrogen and oxygen atoms in total. The lowest BCUT2D eigenvalue weighted by molar-refractivity contribution is 0.592. The number of aryl methyl sites for hydroxylation is 2. The molecule has 1 unspecified atom stereocenters. The van der Waals surface area contributed by atoms with Crippen molar-refractivity contribution in [3.8, 4) is 6.07 Å². The zero-order chi connectivity index (χ0) is 12.7. The van der Waals surface area contributed by atoms with Crippen molar-refractivity contribution in [3.05, 3.63) is 17.7 Å². The minimum atomic E-state index is 0.292. The molecule has 0 aliphatic rings. The van der Waals surface area contributed by atoms with Crippen molar-refractivity contribution in [1.82, 2.24) is 14.9 Å². The van der Waals surface area contributed by atoms with Crippen LogP contribution in [-0.2, 0) is 13.0 Å². The van der Waals surface area contributed by atoms with E-state index in [2.05, 4.69) is 41.0 Å². The molecule has 1 heterocycles. The van der Waals surface area contributed by atoms with E-state index in [1.807, 2.05) is 7.05 Å². The number of imidazole rings is 1. The Balaban J connectivity index is 2.64. The molecule has 1 aromatic rings. The van der Waals surface area contributed by atoms with Crippen molar-refractivity contribution >= 4 is 0 Å². The second kappa shape index (κ2) is 7.08. The molecule has 0 aromatic carbocycles. The summed E-state index contributed by atoms with van der Waals surface area (Å²) < 4.78 is 2.22. The number of rotatable bonds is 7. The predicted octanol–water partition coefficient (Wildman–Crippen LogP) is 2.42. The zero-order valence-corrected chi connectivity index (χ0v) is 11.0. The number of nitrogens with zero attached hydrogens (tertiary/aromatic N) is 3. The van der Waals surface area contributed by atoms with Crippen molar-refractivity contribution < 1.29 is 0 Å². The van der Waals surface area contributed by atoms with Gasteiger partial charge in [-0.15, -0.1) is 0 Å². The number of hydrogen-bond acceptors (Lipinski definition) is 3. The SMILES string of the molecule is CCc1nc(C(C)NC)cn1CCCCC#N. The number of aromatic nitrogens is 2. The first-order valence-corrected chi connectivity index (χ1v) is 6.33. The topological polar surface area (TPSA) is 53.6 Å². The molecule has 0 radical (unpaired) electrons. The summed E-state index contributed by atoms with van der Waals surface area (Å²) in [5.41, 5.74) is 1.10. The van der Waals surface area contributed by atoms with E-state index in [9.17, 15) is 0 Å². The lowest BCUT2D eigenvalue weighted by Crippen LogP contribution is -2.12. The first-order valence-electron chi connectivity index (χ1n) is 6.33. The molecule has 4 heteroatoms. The van der Waals surface area contributed by atoms with Crippen LogP contribution in [0.4, 0.5) is 0 Å². The number of hydrogen-bond donors (Lipinski definition) is 1. The van der Waals surface area contributed by atoms with Gasteiger partial charge in [0.1, 0.15) is 5.82 Å². The van der Waals surface area contributed by atoms with Crippen LogP contribution in [-0.4, -0.2) is 16.6 Å². The van der Waals surface area contributed by atoms with Gasteiger partial charge in [0, 0.05) is 31.6 Å². The number of unbranched alkanes of at least 4 members (excludes halogenated alkanes) is 2. The fourth-order valence-corrected chi connectivity index (χ4v) is 1.79. The Morgan fingerprint density at radius 2 is 2.29 bits per heavy atom. The van der Waals surface area contributed by atoms with E-state index in [1.165, 1.54) is 0 Å². The summed E-state index contributed by atoms with van der Waals surface area (Å²) in [5, 5.41) is 11.7. The Morgan fingerprint density at radius 1 is 1.53 bits per heavy atom. The Labute approximate surface area is 104 Å². The van der Waals surface area contributed by atoms with Crippen molar-refractivity contribution in [2.24, 2.45) is 0 Å². The first-order chi connectivity index (χ1) is 8.22. The van der Waals surface area contributed by atoms with Crippen LogP contribution >= 0.6 is 0 Å². The molecule has 94 valence electrons. The van der Waals surface area contributed by atoms with Crippen molar-refractivity contribution in [2.75, 3.05) is 7.05 Å². The van der Waals surface area contributed by atoms with Crippen LogP contribution in [0.3, 0.4) is 0 Å². The van der Waals surface area contributed by atoms with E-state index >= 15 is 0 Å². The largest absolute Gasteiger partial charge is 0.335 e. The summed E-state index contributed by atoms with van der Waals surface area (Å²) >= 11 is 0. The maximum Gasteiger partial charge on any atom is 0.108 e. The summed E-state index contributed by atoms with van der Waals surface area (Å²) in [6.07, 6.45) is 5.75. The fraction of sp³-hybridized carbons (Fsp3) is 0.692. The highest BCUT2D eigenvalue weighted by molar-refractivity contribution is 5.08. The maximum absolute atomic E-state index is 8.50. The third kappa shape index (κ3) is 3.86. The summed E-state index contributed by atoms with van der Waals surface area (Å²) in [4.78, 5) is 4.63. The van der Waals surface area contributed by atoms with Gasteiger partial charge in [-0.1, -0.05) is 6.92 Å². The molecular formula is C13H22N4. The minimum absolute atomic E-state index is 0.292. The van der Waals surface area contributed by atoms with E-state index in [1.54, 1.807) is 0 Å². The maximum atomic E-state index is 8.50. The Bertz CT molecular complexity index is 375. The Hall–Kier alpha value is -1.34. The molecule has 0 spiro atoms. The van der Waals surface area contributed by atoms with Crippen LogP contribution in [0.2, 0.25) is 0 Å². The molecule has 17 heavy (non-hydrogen) atoms. The fourth-order valence-electron chi connectivity index (χ4n) is 1.79. The van der Waals surface area contributed by atoms with E-state index in [0.717, 1.165) is 37.3 Å². The third-order valence-corrected chi connectivity index (χ3v) is 3.01. The van der Waals surface area contributed by atoms with Gasteiger partial charge in [-0.3, -0.25) is 0 Å². The van der Waals surface area contributed by atoms with E-state index in [4.69, 9.17) is 5.26 Å². The molecule has 1 rings (SSSR count). The second-order valence-corrected chi connectivity index (χ2v) is 4.25. The van der Waals surface area contributed by atoms with E-state index in [0.29, 0.717) is 12.5 Å². The van der Waals surface area contributed by atoms with Gasteiger partial charge in [-0.05, 0) is 26.8 Å². The van der Waals surface area contributed by atoms with Crippen molar-refractivity contribution in [2.45, 2.75) is 52.1 Å². The summed E-state index contributed by atoms with van der Waals surface area (Å²) in [5.74, 6) is 1.14. The highest BCUT2D eigenvalue weighted by Crippen LogP contribution is 2.13. The number of nitriles is 1. The van der Waals surface area contributed by atoms with Gasteiger partial charge in [0.25, 0.3) is 0 Å². The summed E-state index contributed by atoms with van der Waals surface area (Å²) in [7, 11) is 1.95. The molecular weight excluding hydrogens is 212 g/mol. The molecule has 0 saturated carbocycles. The molecule has 0 amide bonds. The average molecular weight is 234 g/mol. The molecule has 1 N–H and O–H groups in total. The van der Waals surface area contributed by atoms with Crippen LogP contribution in [0.25, 0.3) is 0 Å². The van der Waals surface area contributed by atoms with Crippen molar-refractivity contribution in [3.63, 3.8) is 0 Å². The number of nitrogens with one attached hydrogen (secondary N) is 1. The average Bonchev–Trinajstić information content (AvgIpc) is 2.77. The normalized spacial score (nSPS) is 12.4. The quantitative estimate of drug-likeness (QED) is 0.737. The molecule has 0 aliphatic heterocycles. The van der Waals surface area contributed by atoms with Gasteiger partial charge < -0.3 is 9.88 Å². The van der Waals surface area contributed by atoms with Crippen LogP contribution in [0.5, 0.6) is 0 Å². The second-order valence-electron chi connectivity index (χ2n) is 4.25. The lowest BCUT2D eigenvalue weighted by atomic mass is 10.2. The van der Waals surface area contributed by atoms with Crippen LogP contribution < -0.4 is 5.32 Å². The highest BCUT2D eigenvalue weighted by atomic mass is 15.1. The zero-order valence-electron chi connectivity index (χ0n) is 11.0. The first kappa shape index (κ1) is 13.7.